The van der Waals surface area contributed by atoms with Crippen LogP contribution in [0.2, 0.25) is 0 Å². The lowest BCUT2D eigenvalue weighted by atomic mass is 10.1. The lowest BCUT2D eigenvalue weighted by Gasteiger charge is -2.33. The fourth-order valence-corrected chi connectivity index (χ4v) is 4.17. The van der Waals surface area contributed by atoms with Crippen molar-refractivity contribution in [2.75, 3.05) is 32.0 Å². The van der Waals surface area contributed by atoms with E-state index >= 15 is 0 Å². The van der Waals surface area contributed by atoms with Crippen molar-refractivity contribution in [3.05, 3.63) is 12.2 Å². The highest BCUT2D eigenvalue weighted by Crippen LogP contribution is 2.37. The summed E-state index contributed by atoms with van der Waals surface area (Å²) in [6.45, 7) is 4.61. The molecular weight excluding hydrogens is 302 g/mol. The zero-order valence-corrected chi connectivity index (χ0v) is 13.9. The number of carbonyl (C=O) groups excluding carboxylic acids is 1. The fraction of sp³-hybridized carbons (Fsp3) is 0.786. The topological polar surface area (TPSA) is 72.3 Å². The summed E-state index contributed by atoms with van der Waals surface area (Å²) in [5.41, 5.74) is 0. The predicted molar refractivity (Wildman–Crippen MR) is 84.8 cm³/mol. The van der Waals surface area contributed by atoms with E-state index in [0.717, 1.165) is 12.4 Å². The Balaban J connectivity index is 1.55. The summed E-state index contributed by atoms with van der Waals surface area (Å²) in [7, 11) is 1.88. The van der Waals surface area contributed by atoms with Crippen molar-refractivity contribution in [1.82, 2.24) is 25.0 Å². The minimum absolute atomic E-state index is 0.0100. The van der Waals surface area contributed by atoms with Gasteiger partial charge in [-0.15, -0.1) is 10.2 Å². The highest BCUT2D eigenvalue weighted by molar-refractivity contribution is 8.00. The van der Waals surface area contributed by atoms with Crippen molar-refractivity contribution < 1.29 is 9.53 Å². The molecule has 0 spiro atoms. The fourth-order valence-electron chi connectivity index (χ4n) is 2.92. The van der Waals surface area contributed by atoms with Gasteiger partial charge in [-0.05, 0) is 25.5 Å². The highest BCUT2D eigenvalue weighted by Gasteiger charge is 2.32. The molecule has 22 heavy (non-hydrogen) atoms. The molecule has 2 atom stereocenters. The summed E-state index contributed by atoms with van der Waals surface area (Å²) in [6, 6.07) is -0.0100. The second-order valence-electron chi connectivity index (χ2n) is 6.17. The maximum absolute atomic E-state index is 12.4. The van der Waals surface area contributed by atoms with Gasteiger partial charge in [-0.2, -0.15) is 11.8 Å². The first-order valence-electron chi connectivity index (χ1n) is 7.70. The van der Waals surface area contributed by atoms with Crippen LogP contribution in [-0.4, -0.2) is 62.4 Å². The van der Waals surface area contributed by atoms with Crippen LogP contribution in [-0.2, 0) is 11.8 Å². The van der Waals surface area contributed by atoms with Gasteiger partial charge in [0.2, 0.25) is 0 Å². The summed E-state index contributed by atoms with van der Waals surface area (Å²) in [6.07, 6.45) is 3.85. The summed E-state index contributed by atoms with van der Waals surface area (Å²) >= 11 is 1.95. The molecule has 0 unspecified atom stereocenters. The van der Waals surface area contributed by atoms with Crippen LogP contribution in [0.5, 0.6) is 0 Å². The number of thioether (sulfide) groups is 1. The third-order valence-corrected chi connectivity index (χ3v) is 5.84. The highest BCUT2D eigenvalue weighted by atomic mass is 32.2. The van der Waals surface area contributed by atoms with Crippen molar-refractivity contribution in [2.24, 2.45) is 7.05 Å². The lowest BCUT2D eigenvalue weighted by Crippen LogP contribution is -2.49. The number of ether oxygens (including phenoxy) is 1. The van der Waals surface area contributed by atoms with Crippen LogP contribution in [0, 0.1) is 0 Å². The number of hydrogen-bond donors (Lipinski definition) is 1. The molecule has 0 aliphatic carbocycles. The van der Waals surface area contributed by atoms with E-state index in [1.54, 1.807) is 6.33 Å². The standard InChI is InChI=1S/C14H23N5O2S/c1-14(4-3-7-22-14)9-15-13(20)19-5-6-21-11(8-19)12-17-16-10-18(12)2/h10-11H,3-9H2,1-2H3,(H,15,20)/t11-,14-/m1/s1. The SMILES string of the molecule is Cn1cnnc1[C@H]1CN(C(=O)NC[C@@]2(C)CCCS2)CCO1. The molecule has 1 N–H and O–H groups in total. The third-order valence-electron chi connectivity index (χ3n) is 4.30. The molecule has 0 radical (unpaired) electrons. The number of morpholine rings is 1. The molecule has 0 saturated carbocycles. The number of urea groups is 1. The molecule has 8 heteroatoms. The molecule has 1 aromatic heterocycles. The van der Waals surface area contributed by atoms with Gasteiger partial charge in [0.1, 0.15) is 12.4 Å². The Labute approximate surface area is 134 Å². The smallest absolute Gasteiger partial charge is 0.317 e. The van der Waals surface area contributed by atoms with Gasteiger partial charge in [0.05, 0.1) is 13.2 Å². The van der Waals surface area contributed by atoms with E-state index in [1.807, 2.05) is 28.3 Å². The van der Waals surface area contributed by atoms with Gasteiger partial charge in [0.15, 0.2) is 5.82 Å². The number of nitrogens with zero attached hydrogens (tertiary/aromatic N) is 4. The quantitative estimate of drug-likeness (QED) is 0.903. The van der Waals surface area contributed by atoms with Crippen molar-refractivity contribution in [2.45, 2.75) is 30.6 Å². The molecule has 2 saturated heterocycles. The van der Waals surface area contributed by atoms with Gasteiger partial charge in [0.25, 0.3) is 0 Å². The number of amides is 2. The van der Waals surface area contributed by atoms with E-state index in [2.05, 4.69) is 22.4 Å². The first-order chi connectivity index (χ1) is 10.6. The molecule has 1 aromatic rings. The minimum Gasteiger partial charge on any atom is -0.366 e. The molecule has 122 valence electrons. The van der Waals surface area contributed by atoms with Crippen LogP contribution in [0.25, 0.3) is 0 Å². The maximum Gasteiger partial charge on any atom is 0.317 e. The molecule has 0 aromatic carbocycles. The van der Waals surface area contributed by atoms with Gasteiger partial charge >= 0.3 is 6.03 Å². The second-order valence-corrected chi connectivity index (χ2v) is 7.85. The van der Waals surface area contributed by atoms with Gasteiger partial charge < -0.3 is 19.5 Å². The maximum atomic E-state index is 12.4. The van der Waals surface area contributed by atoms with E-state index in [-0.39, 0.29) is 16.9 Å². The summed E-state index contributed by atoms with van der Waals surface area (Å²) < 4.78 is 7.75. The number of aryl methyl sites for hydroxylation is 1. The van der Waals surface area contributed by atoms with Crippen LogP contribution in [0.4, 0.5) is 4.79 Å². The normalized spacial score (nSPS) is 28.8. The van der Waals surface area contributed by atoms with E-state index in [9.17, 15) is 4.79 Å². The van der Waals surface area contributed by atoms with Gasteiger partial charge in [-0.1, -0.05) is 0 Å². The Morgan fingerprint density at radius 2 is 2.50 bits per heavy atom. The second kappa shape index (κ2) is 6.45. The van der Waals surface area contributed by atoms with E-state index in [1.165, 1.54) is 18.6 Å². The Morgan fingerprint density at radius 1 is 1.64 bits per heavy atom. The number of aromatic nitrogens is 3. The zero-order chi connectivity index (χ0) is 15.6. The number of nitrogens with one attached hydrogen (secondary N) is 1. The van der Waals surface area contributed by atoms with E-state index in [4.69, 9.17) is 4.74 Å². The first-order valence-corrected chi connectivity index (χ1v) is 8.68. The van der Waals surface area contributed by atoms with Crippen LogP contribution in [0.15, 0.2) is 6.33 Å². The lowest BCUT2D eigenvalue weighted by molar-refractivity contribution is -0.0214. The molecule has 2 aliphatic heterocycles. The van der Waals surface area contributed by atoms with Crippen molar-refractivity contribution in [3.8, 4) is 0 Å². The number of hydrogen-bond acceptors (Lipinski definition) is 5. The van der Waals surface area contributed by atoms with Crippen molar-refractivity contribution >= 4 is 17.8 Å². The van der Waals surface area contributed by atoms with Crippen molar-refractivity contribution in [1.29, 1.82) is 0 Å². The molecular formula is C14H23N5O2S. The van der Waals surface area contributed by atoms with Gasteiger partial charge in [0, 0.05) is 24.9 Å². The first kappa shape index (κ1) is 15.6. The Morgan fingerprint density at radius 3 is 3.18 bits per heavy atom. The minimum atomic E-state index is -0.205. The van der Waals surface area contributed by atoms with Crippen LogP contribution < -0.4 is 5.32 Å². The summed E-state index contributed by atoms with van der Waals surface area (Å²) in [5, 5.41) is 11.0. The van der Waals surface area contributed by atoms with Gasteiger partial charge in [-0.3, -0.25) is 0 Å². The Bertz CT molecular complexity index is 529. The van der Waals surface area contributed by atoms with E-state index in [0.29, 0.717) is 19.7 Å². The van der Waals surface area contributed by atoms with Crippen LogP contribution in [0.1, 0.15) is 31.7 Å². The van der Waals surface area contributed by atoms with Crippen LogP contribution in [0.3, 0.4) is 0 Å². The largest absolute Gasteiger partial charge is 0.366 e. The number of carbonyl (C=O) groups is 1. The molecule has 3 heterocycles. The zero-order valence-electron chi connectivity index (χ0n) is 13.1. The van der Waals surface area contributed by atoms with Crippen molar-refractivity contribution in [3.63, 3.8) is 0 Å². The molecule has 7 nitrogen and oxygen atoms in total. The molecule has 2 aliphatic rings. The molecule has 0 bridgehead atoms. The van der Waals surface area contributed by atoms with E-state index < -0.39 is 0 Å². The summed E-state index contributed by atoms with van der Waals surface area (Å²) in [4.78, 5) is 14.2. The third kappa shape index (κ3) is 3.38. The molecule has 2 fully saturated rings. The Hall–Kier alpha value is -1.28. The summed E-state index contributed by atoms with van der Waals surface area (Å²) in [5.74, 6) is 1.95. The Kier molecular flexibility index (Phi) is 4.58. The van der Waals surface area contributed by atoms with Crippen LogP contribution >= 0.6 is 11.8 Å². The van der Waals surface area contributed by atoms with Gasteiger partial charge in [-0.25, -0.2) is 4.79 Å². The predicted octanol–water partition coefficient (Wildman–Crippen LogP) is 1.18. The molecule has 2 amide bonds. The monoisotopic (exact) mass is 325 g/mol. The average Bonchev–Trinajstić information content (AvgIpc) is 3.14. The molecule has 3 rings (SSSR count). The average molecular weight is 325 g/mol. The number of rotatable bonds is 3.